The number of anilines is 1. The second-order valence-corrected chi connectivity index (χ2v) is 3.64. The molecule has 0 spiro atoms. The third kappa shape index (κ3) is 2.31. The standard InChI is InChI=1S/C9H13N7O/c1-6-3-7(14-10)13-8(12-6)4-16-9(17)15(2)5-11-16/h3,5H,4,10H2,1-2H3,(H,12,13,14). The molecule has 0 bridgehead atoms. The van der Waals surface area contributed by atoms with E-state index < -0.39 is 0 Å². The van der Waals surface area contributed by atoms with E-state index in [1.165, 1.54) is 15.6 Å². The quantitative estimate of drug-likeness (QED) is 0.523. The molecule has 3 N–H and O–H groups in total. The maximum atomic E-state index is 11.6. The molecule has 8 heteroatoms. The summed E-state index contributed by atoms with van der Waals surface area (Å²) in [7, 11) is 1.63. The maximum absolute atomic E-state index is 11.6. The molecular formula is C9H13N7O. The Balaban J connectivity index is 2.33. The summed E-state index contributed by atoms with van der Waals surface area (Å²) in [5.74, 6) is 6.28. The van der Waals surface area contributed by atoms with Crippen molar-refractivity contribution in [1.82, 2.24) is 24.3 Å². The molecule has 2 rings (SSSR count). The van der Waals surface area contributed by atoms with E-state index in [2.05, 4.69) is 20.5 Å². The molecule has 90 valence electrons. The number of rotatable bonds is 3. The van der Waals surface area contributed by atoms with E-state index >= 15 is 0 Å². The third-order valence-corrected chi connectivity index (χ3v) is 2.23. The molecule has 2 heterocycles. The minimum absolute atomic E-state index is 0.211. The summed E-state index contributed by atoms with van der Waals surface area (Å²) >= 11 is 0. The summed E-state index contributed by atoms with van der Waals surface area (Å²) in [6.45, 7) is 2.04. The lowest BCUT2D eigenvalue weighted by Crippen LogP contribution is -2.24. The van der Waals surface area contributed by atoms with Crippen molar-refractivity contribution in [2.24, 2.45) is 12.9 Å². The Labute approximate surface area is 97.1 Å². The lowest BCUT2D eigenvalue weighted by Gasteiger charge is -2.04. The normalized spacial score (nSPS) is 10.5. The van der Waals surface area contributed by atoms with Gasteiger partial charge in [0.05, 0.1) is 0 Å². The van der Waals surface area contributed by atoms with Crippen LogP contribution in [-0.2, 0) is 13.6 Å². The van der Waals surface area contributed by atoms with Gasteiger partial charge in [-0.25, -0.2) is 25.3 Å². The number of hydrogen-bond donors (Lipinski definition) is 2. The maximum Gasteiger partial charge on any atom is 0.345 e. The first-order chi connectivity index (χ1) is 8.10. The largest absolute Gasteiger partial charge is 0.345 e. The summed E-state index contributed by atoms with van der Waals surface area (Å²) in [5, 5.41) is 3.93. The van der Waals surface area contributed by atoms with Crippen molar-refractivity contribution in [3.05, 3.63) is 34.4 Å². The zero-order valence-corrected chi connectivity index (χ0v) is 9.58. The van der Waals surface area contributed by atoms with Gasteiger partial charge in [-0.3, -0.25) is 4.57 Å². The van der Waals surface area contributed by atoms with Gasteiger partial charge in [-0.2, -0.15) is 5.10 Å². The zero-order valence-electron chi connectivity index (χ0n) is 9.58. The van der Waals surface area contributed by atoms with Crippen LogP contribution in [0.2, 0.25) is 0 Å². The first-order valence-electron chi connectivity index (χ1n) is 5.00. The number of hydrogen-bond acceptors (Lipinski definition) is 6. The Bertz CT molecular complexity index is 585. The molecular weight excluding hydrogens is 222 g/mol. The molecule has 0 aliphatic carbocycles. The van der Waals surface area contributed by atoms with Gasteiger partial charge in [0.25, 0.3) is 0 Å². The molecule has 0 amide bonds. The molecule has 8 nitrogen and oxygen atoms in total. The fraction of sp³-hybridized carbons (Fsp3) is 0.333. The van der Waals surface area contributed by atoms with Gasteiger partial charge in [0.1, 0.15) is 18.7 Å². The van der Waals surface area contributed by atoms with Crippen molar-refractivity contribution in [3.8, 4) is 0 Å². The molecule has 0 unspecified atom stereocenters. The number of aryl methyl sites for hydroxylation is 2. The minimum Gasteiger partial charge on any atom is -0.308 e. The molecule has 0 aliphatic rings. The predicted octanol–water partition coefficient (Wildman–Crippen LogP) is -0.986. The van der Waals surface area contributed by atoms with Gasteiger partial charge in [0.15, 0.2) is 5.82 Å². The van der Waals surface area contributed by atoms with E-state index in [4.69, 9.17) is 5.84 Å². The number of nitrogens with one attached hydrogen (secondary N) is 1. The highest BCUT2D eigenvalue weighted by molar-refractivity contribution is 5.33. The average Bonchev–Trinajstić information content (AvgIpc) is 2.60. The highest BCUT2D eigenvalue weighted by atomic mass is 16.2. The Morgan fingerprint density at radius 1 is 1.47 bits per heavy atom. The smallest absolute Gasteiger partial charge is 0.308 e. The van der Waals surface area contributed by atoms with Crippen LogP contribution in [0.25, 0.3) is 0 Å². The fourth-order valence-corrected chi connectivity index (χ4v) is 1.44. The highest BCUT2D eigenvalue weighted by Gasteiger charge is 2.06. The monoisotopic (exact) mass is 235 g/mol. The van der Waals surface area contributed by atoms with Gasteiger partial charge >= 0.3 is 5.69 Å². The lowest BCUT2D eigenvalue weighted by molar-refractivity contribution is 0.620. The van der Waals surface area contributed by atoms with Gasteiger partial charge in [-0.1, -0.05) is 0 Å². The van der Waals surface area contributed by atoms with Gasteiger partial charge < -0.3 is 5.43 Å². The minimum atomic E-state index is -0.211. The SMILES string of the molecule is Cc1cc(NN)nc(Cn2ncn(C)c2=O)n1. The van der Waals surface area contributed by atoms with Gasteiger partial charge in [0, 0.05) is 18.8 Å². The van der Waals surface area contributed by atoms with Crippen LogP contribution in [0, 0.1) is 6.92 Å². The summed E-state index contributed by atoms with van der Waals surface area (Å²) < 4.78 is 2.67. The second kappa shape index (κ2) is 4.34. The molecule has 0 saturated carbocycles. The third-order valence-electron chi connectivity index (χ3n) is 2.23. The van der Waals surface area contributed by atoms with Crippen molar-refractivity contribution in [2.75, 3.05) is 5.43 Å². The summed E-state index contributed by atoms with van der Waals surface area (Å²) in [4.78, 5) is 19.9. The molecule has 0 radical (unpaired) electrons. The summed E-state index contributed by atoms with van der Waals surface area (Å²) in [6.07, 6.45) is 1.44. The van der Waals surface area contributed by atoms with E-state index in [-0.39, 0.29) is 12.2 Å². The molecule has 17 heavy (non-hydrogen) atoms. The van der Waals surface area contributed by atoms with Crippen LogP contribution < -0.4 is 17.0 Å². The molecule has 0 saturated heterocycles. The Morgan fingerprint density at radius 2 is 2.24 bits per heavy atom. The summed E-state index contributed by atoms with van der Waals surface area (Å²) in [5.41, 5.74) is 3.01. The number of aromatic nitrogens is 5. The fourth-order valence-electron chi connectivity index (χ4n) is 1.44. The average molecular weight is 235 g/mol. The molecule has 0 aromatic carbocycles. The van der Waals surface area contributed by atoms with Crippen LogP contribution in [0.5, 0.6) is 0 Å². The number of hydrazine groups is 1. The van der Waals surface area contributed by atoms with Crippen LogP contribution in [-0.4, -0.2) is 24.3 Å². The predicted molar refractivity (Wildman–Crippen MR) is 61.1 cm³/mol. The lowest BCUT2D eigenvalue weighted by atomic mass is 10.4. The van der Waals surface area contributed by atoms with Crippen LogP contribution in [0.4, 0.5) is 5.82 Å². The van der Waals surface area contributed by atoms with Gasteiger partial charge in [-0.05, 0) is 6.92 Å². The first-order valence-corrected chi connectivity index (χ1v) is 5.00. The number of nitrogens with zero attached hydrogens (tertiary/aromatic N) is 5. The zero-order chi connectivity index (χ0) is 12.4. The molecule has 2 aromatic rings. The Kier molecular flexibility index (Phi) is 2.88. The van der Waals surface area contributed by atoms with Crippen LogP contribution in [0.3, 0.4) is 0 Å². The van der Waals surface area contributed by atoms with E-state index in [0.717, 1.165) is 5.69 Å². The van der Waals surface area contributed by atoms with Crippen molar-refractivity contribution >= 4 is 5.82 Å². The van der Waals surface area contributed by atoms with Crippen molar-refractivity contribution in [2.45, 2.75) is 13.5 Å². The van der Waals surface area contributed by atoms with Crippen LogP contribution in [0.15, 0.2) is 17.2 Å². The van der Waals surface area contributed by atoms with Gasteiger partial charge in [-0.15, -0.1) is 0 Å². The summed E-state index contributed by atoms with van der Waals surface area (Å²) in [6, 6.07) is 1.71. The number of nitrogen functional groups attached to an aromatic ring is 1. The number of nitrogens with two attached hydrogens (primary N) is 1. The van der Waals surface area contributed by atoms with Crippen molar-refractivity contribution < 1.29 is 0 Å². The Hall–Kier alpha value is -2.22. The van der Waals surface area contributed by atoms with E-state index in [1.54, 1.807) is 13.1 Å². The van der Waals surface area contributed by atoms with Gasteiger partial charge in [0.2, 0.25) is 0 Å². The van der Waals surface area contributed by atoms with E-state index in [1.807, 2.05) is 6.92 Å². The second-order valence-electron chi connectivity index (χ2n) is 3.64. The molecule has 0 atom stereocenters. The topological polar surface area (TPSA) is 104 Å². The van der Waals surface area contributed by atoms with Crippen LogP contribution in [0.1, 0.15) is 11.5 Å². The van der Waals surface area contributed by atoms with Crippen molar-refractivity contribution in [3.63, 3.8) is 0 Å². The molecule has 0 aliphatic heterocycles. The molecule has 2 aromatic heterocycles. The van der Waals surface area contributed by atoms with E-state index in [9.17, 15) is 4.79 Å². The molecule has 0 fully saturated rings. The van der Waals surface area contributed by atoms with E-state index in [0.29, 0.717) is 11.6 Å². The highest BCUT2D eigenvalue weighted by Crippen LogP contribution is 2.04. The van der Waals surface area contributed by atoms with Crippen molar-refractivity contribution in [1.29, 1.82) is 0 Å². The first kappa shape index (κ1) is 11.3. The van der Waals surface area contributed by atoms with Crippen LogP contribution >= 0.6 is 0 Å². The Morgan fingerprint density at radius 3 is 2.82 bits per heavy atom.